The van der Waals surface area contributed by atoms with Gasteiger partial charge in [0.2, 0.25) is 5.91 Å². The summed E-state index contributed by atoms with van der Waals surface area (Å²) in [6.45, 7) is 1.25. The van der Waals surface area contributed by atoms with Gasteiger partial charge in [-0.25, -0.2) is 4.79 Å². The summed E-state index contributed by atoms with van der Waals surface area (Å²) in [5, 5.41) is 9.12. The second-order valence-corrected chi connectivity index (χ2v) is 6.51. The van der Waals surface area contributed by atoms with E-state index in [9.17, 15) is 9.59 Å². The van der Waals surface area contributed by atoms with Gasteiger partial charge in [-0.2, -0.15) is 0 Å². The number of amides is 1. The molecule has 1 N–H and O–H groups in total. The van der Waals surface area contributed by atoms with E-state index in [-0.39, 0.29) is 11.8 Å². The number of carbonyl (C=O) groups is 2. The summed E-state index contributed by atoms with van der Waals surface area (Å²) >= 11 is 0. The first-order valence-electron chi connectivity index (χ1n) is 8.25. The lowest BCUT2D eigenvalue weighted by molar-refractivity contribution is -0.138. The Bertz CT molecular complexity index is 605. The molecule has 2 aliphatic rings. The smallest absolute Gasteiger partial charge is 0.335 e. The summed E-state index contributed by atoms with van der Waals surface area (Å²) in [7, 11) is 1.73. The number of carbonyl (C=O) groups excluding carboxylic acids is 1. The normalized spacial score (nSPS) is 24.1. The molecule has 1 heterocycles. The third-order valence-electron chi connectivity index (χ3n) is 5.13. The first kappa shape index (κ1) is 16.0. The molecule has 1 fully saturated rings. The van der Waals surface area contributed by atoms with Crippen LogP contribution in [-0.4, -0.2) is 41.6 Å². The molecule has 1 aromatic carbocycles. The van der Waals surface area contributed by atoms with Crippen molar-refractivity contribution in [3.05, 3.63) is 34.9 Å². The number of carboxylic acid groups (broad SMARTS) is 1. The molecule has 23 heavy (non-hydrogen) atoms. The van der Waals surface area contributed by atoms with E-state index < -0.39 is 5.97 Å². The minimum atomic E-state index is -0.922. The second-order valence-electron chi connectivity index (χ2n) is 6.51. The van der Waals surface area contributed by atoms with Gasteiger partial charge in [0, 0.05) is 26.1 Å². The number of hydrogen-bond acceptors (Lipinski definition) is 3. The molecule has 0 atom stereocenters. The Hall–Kier alpha value is -1.88. The van der Waals surface area contributed by atoms with Crippen LogP contribution >= 0.6 is 0 Å². The van der Waals surface area contributed by atoms with Crippen molar-refractivity contribution in [1.29, 1.82) is 0 Å². The van der Waals surface area contributed by atoms with Gasteiger partial charge in [-0.3, -0.25) is 4.79 Å². The van der Waals surface area contributed by atoms with Crippen LogP contribution in [0.15, 0.2) is 18.2 Å². The molecule has 3 rings (SSSR count). The van der Waals surface area contributed by atoms with Crippen molar-refractivity contribution < 1.29 is 19.4 Å². The summed E-state index contributed by atoms with van der Waals surface area (Å²) in [5.74, 6) is -0.620. The third kappa shape index (κ3) is 3.39. The Morgan fingerprint density at radius 2 is 1.91 bits per heavy atom. The molecule has 0 spiro atoms. The lowest BCUT2D eigenvalue weighted by Gasteiger charge is -2.34. The fourth-order valence-electron chi connectivity index (χ4n) is 3.68. The van der Waals surface area contributed by atoms with Crippen molar-refractivity contribution in [2.45, 2.75) is 44.8 Å². The zero-order valence-electron chi connectivity index (χ0n) is 13.5. The number of hydrogen-bond donors (Lipinski definition) is 1. The van der Waals surface area contributed by atoms with Crippen LogP contribution in [0.3, 0.4) is 0 Å². The SMILES string of the molecule is COC1CCC(C(=O)N2CCc3ccc(C(=O)O)cc3C2)CC1. The molecule has 0 bridgehead atoms. The minimum Gasteiger partial charge on any atom is -0.478 e. The van der Waals surface area contributed by atoms with E-state index in [2.05, 4.69) is 0 Å². The van der Waals surface area contributed by atoms with Crippen LogP contribution in [0, 0.1) is 5.92 Å². The van der Waals surface area contributed by atoms with Crippen LogP contribution < -0.4 is 0 Å². The molecular formula is C18H23NO4. The first-order chi connectivity index (χ1) is 11.1. The fourth-order valence-corrected chi connectivity index (χ4v) is 3.68. The Morgan fingerprint density at radius 1 is 1.17 bits per heavy atom. The highest BCUT2D eigenvalue weighted by molar-refractivity contribution is 5.88. The number of aromatic carboxylic acids is 1. The van der Waals surface area contributed by atoms with Gasteiger partial charge >= 0.3 is 5.97 Å². The van der Waals surface area contributed by atoms with Crippen LogP contribution in [0.2, 0.25) is 0 Å². The zero-order valence-corrected chi connectivity index (χ0v) is 13.5. The molecule has 1 aliphatic carbocycles. The van der Waals surface area contributed by atoms with Gasteiger partial charge in [0.05, 0.1) is 11.7 Å². The van der Waals surface area contributed by atoms with Gasteiger partial charge in [-0.15, -0.1) is 0 Å². The molecule has 5 nitrogen and oxygen atoms in total. The van der Waals surface area contributed by atoms with Crippen LogP contribution in [0.5, 0.6) is 0 Å². The number of rotatable bonds is 3. The number of carboxylic acids is 1. The van der Waals surface area contributed by atoms with E-state index in [0.717, 1.165) is 49.8 Å². The molecule has 1 saturated carbocycles. The van der Waals surface area contributed by atoms with E-state index in [1.54, 1.807) is 19.2 Å². The highest BCUT2D eigenvalue weighted by Crippen LogP contribution is 2.29. The maximum atomic E-state index is 12.7. The van der Waals surface area contributed by atoms with E-state index in [1.807, 2.05) is 11.0 Å². The Morgan fingerprint density at radius 3 is 2.57 bits per heavy atom. The number of fused-ring (bicyclic) bond motifs is 1. The molecule has 0 radical (unpaired) electrons. The van der Waals surface area contributed by atoms with Crippen LogP contribution in [0.4, 0.5) is 0 Å². The molecule has 5 heteroatoms. The molecule has 0 aromatic heterocycles. The monoisotopic (exact) mass is 317 g/mol. The summed E-state index contributed by atoms with van der Waals surface area (Å²) in [6.07, 6.45) is 4.75. The van der Waals surface area contributed by atoms with Gasteiger partial charge < -0.3 is 14.7 Å². The molecule has 124 valence electrons. The van der Waals surface area contributed by atoms with Crippen molar-refractivity contribution in [2.24, 2.45) is 5.92 Å². The predicted molar refractivity (Wildman–Crippen MR) is 85.3 cm³/mol. The summed E-state index contributed by atoms with van der Waals surface area (Å²) < 4.78 is 5.37. The van der Waals surface area contributed by atoms with E-state index in [4.69, 9.17) is 9.84 Å². The van der Waals surface area contributed by atoms with Crippen LogP contribution in [0.1, 0.15) is 47.2 Å². The highest BCUT2D eigenvalue weighted by atomic mass is 16.5. The highest BCUT2D eigenvalue weighted by Gasteiger charge is 2.31. The summed E-state index contributed by atoms with van der Waals surface area (Å²) in [6, 6.07) is 5.23. The van der Waals surface area contributed by atoms with Crippen LogP contribution in [0.25, 0.3) is 0 Å². The molecular weight excluding hydrogens is 294 g/mol. The number of benzene rings is 1. The van der Waals surface area contributed by atoms with Crippen molar-refractivity contribution in [3.63, 3.8) is 0 Å². The molecule has 1 aliphatic heterocycles. The molecule has 0 saturated heterocycles. The number of methoxy groups -OCH3 is 1. The second kappa shape index (κ2) is 6.71. The van der Waals surface area contributed by atoms with Crippen molar-refractivity contribution in [3.8, 4) is 0 Å². The van der Waals surface area contributed by atoms with E-state index in [0.29, 0.717) is 18.2 Å². The molecule has 1 amide bonds. The van der Waals surface area contributed by atoms with Crippen molar-refractivity contribution in [1.82, 2.24) is 4.90 Å². The standard InChI is InChI=1S/C18H23NO4/c1-23-16-6-4-13(5-7-16)17(20)19-9-8-12-2-3-14(18(21)22)10-15(12)11-19/h2-3,10,13,16H,4-9,11H2,1H3,(H,21,22). The van der Waals surface area contributed by atoms with Gasteiger partial charge in [0.25, 0.3) is 0 Å². The van der Waals surface area contributed by atoms with Crippen LogP contribution in [-0.2, 0) is 22.5 Å². The quantitative estimate of drug-likeness (QED) is 0.930. The Balaban J connectivity index is 1.68. The Labute approximate surface area is 136 Å². The molecule has 0 unspecified atom stereocenters. The maximum Gasteiger partial charge on any atom is 0.335 e. The predicted octanol–water partition coefficient (Wildman–Crippen LogP) is 2.47. The summed E-state index contributed by atoms with van der Waals surface area (Å²) in [5.41, 5.74) is 2.41. The maximum absolute atomic E-state index is 12.7. The van der Waals surface area contributed by atoms with E-state index in [1.165, 1.54) is 0 Å². The Kier molecular flexibility index (Phi) is 4.66. The zero-order chi connectivity index (χ0) is 16.4. The van der Waals surface area contributed by atoms with Gasteiger partial charge in [-0.05, 0) is 55.4 Å². The fraction of sp³-hybridized carbons (Fsp3) is 0.556. The summed E-state index contributed by atoms with van der Waals surface area (Å²) in [4.78, 5) is 25.8. The largest absolute Gasteiger partial charge is 0.478 e. The lowest BCUT2D eigenvalue weighted by atomic mass is 9.85. The number of ether oxygens (including phenoxy) is 1. The van der Waals surface area contributed by atoms with Crippen molar-refractivity contribution in [2.75, 3.05) is 13.7 Å². The average molecular weight is 317 g/mol. The van der Waals surface area contributed by atoms with Gasteiger partial charge in [0.15, 0.2) is 0 Å². The van der Waals surface area contributed by atoms with Crippen molar-refractivity contribution >= 4 is 11.9 Å². The topological polar surface area (TPSA) is 66.8 Å². The lowest BCUT2D eigenvalue weighted by Crippen LogP contribution is -2.41. The minimum absolute atomic E-state index is 0.0885. The number of nitrogens with zero attached hydrogens (tertiary/aromatic N) is 1. The first-order valence-corrected chi connectivity index (χ1v) is 8.25. The van der Waals surface area contributed by atoms with E-state index >= 15 is 0 Å². The molecule has 1 aromatic rings. The van der Waals surface area contributed by atoms with Gasteiger partial charge in [-0.1, -0.05) is 6.07 Å². The van der Waals surface area contributed by atoms with Gasteiger partial charge in [0.1, 0.15) is 0 Å². The third-order valence-corrected chi connectivity index (χ3v) is 5.13. The average Bonchev–Trinajstić information content (AvgIpc) is 2.60.